The van der Waals surface area contributed by atoms with Crippen LogP contribution in [0.4, 0.5) is 24.5 Å². The maximum Gasteiger partial charge on any atom is 0.411 e. The first-order valence-corrected chi connectivity index (χ1v) is 6.12. The van der Waals surface area contributed by atoms with Crippen LogP contribution in [0.15, 0.2) is 18.2 Å². The molecule has 0 aliphatic heterocycles. The fourth-order valence-corrected chi connectivity index (χ4v) is 2.01. The van der Waals surface area contributed by atoms with Gasteiger partial charge in [-0.25, -0.2) is 0 Å². The molecule has 2 rings (SSSR count). The number of hydrogen-bond acceptors (Lipinski definition) is 3. The molecule has 4 nitrogen and oxygen atoms in total. The van der Waals surface area contributed by atoms with Crippen molar-refractivity contribution in [3.63, 3.8) is 0 Å². The van der Waals surface area contributed by atoms with Crippen LogP contribution in [0.1, 0.15) is 23.2 Å². The van der Waals surface area contributed by atoms with Gasteiger partial charge in [0.05, 0.1) is 5.56 Å². The Kier molecular flexibility index (Phi) is 3.31. The summed E-state index contributed by atoms with van der Waals surface area (Å²) in [5.41, 5.74) is 4.54. The number of benzene rings is 1. The predicted molar refractivity (Wildman–Crippen MR) is 70.7 cm³/mol. The van der Waals surface area contributed by atoms with Crippen molar-refractivity contribution in [3.8, 4) is 0 Å². The summed E-state index contributed by atoms with van der Waals surface area (Å²) in [5, 5.41) is 2.10. The minimum absolute atomic E-state index is 0.0815. The van der Waals surface area contributed by atoms with Crippen LogP contribution >= 0.6 is 0 Å². The van der Waals surface area contributed by atoms with Gasteiger partial charge < -0.3 is 16.0 Å². The maximum atomic E-state index is 12.9. The number of amides is 1. The number of nitrogen functional groups attached to an aromatic ring is 1. The highest BCUT2D eigenvalue weighted by molar-refractivity contribution is 6.01. The molecule has 1 amide bonds. The van der Waals surface area contributed by atoms with Crippen molar-refractivity contribution in [1.29, 1.82) is 0 Å². The molecular weight excluding hydrogens is 271 g/mol. The van der Waals surface area contributed by atoms with Gasteiger partial charge in [-0.05, 0) is 31.0 Å². The first kappa shape index (κ1) is 14.5. The second kappa shape index (κ2) is 4.57. The Balaban J connectivity index is 2.28. The van der Waals surface area contributed by atoms with Crippen molar-refractivity contribution in [3.05, 3.63) is 23.8 Å². The Morgan fingerprint density at radius 1 is 1.35 bits per heavy atom. The average molecular weight is 287 g/mol. The number of hydrogen-bond donors (Lipinski definition) is 2. The van der Waals surface area contributed by atoms with E-state index in [1.165, 1.54) is 6.07 Å². The lowest BCUT2D eigenvalue weighted by Crippen LogP contribution is -2.48. The lowest BCUT2D eigenvalue weighted by Gasteiger charge is -2.23. The van der Waals surface area contributed by atoms with Crippen LogP contribution in [-0.2, 0) is 0 Å². The molecule has 1 fully saturated rings. The van der Waals surface area contributed by atoms with Gasteiger partial charge >= 0.3 is 6.18 Å². The molecule has 0 saturated heterocycles. The Morgan fingerprint density at radius 2 is 1.95 bits per heavy atom. The molecule has 1 aliphatic rings. The largest absolute Gasteiger partial charge is 0.411 e. The lowest BCUT2D eigenvalue weighted by molar-refractivity contribution is -0.163. The molecule has 0 spiro atoms. The third-order valence-electron chi connectivity index (χ3n) is 3.39. The van der Waals surface area contributed by atoms with Crippen LogP contribution in [0, 0.1) is 0 Å². The minimum Gasteiger partial charge on any atom is -0.399 e. The van der Waals surface area contributed by atoms with Gasteiger partial charge in [0.1, 0.15) is 5.54 Å². The first-order chi connectivity index (χ1) is 9.16. The predicted octanol–water partition coefficient (Wildman–Crippen LogP) is 2.16. The summed E-state index contributed by atoms with van der Waals surface area (Å²) in [6.45, 7) is 0. The van der Waals surface area contributed by atoms with Gasteiger partial charge in [-0.2, -0.15) is 13.2 Å². The van der Waals surface area contributed by atoms with E-state index in [-0.39, 0.29) is 18.4 Å². The number of rotatable bonds is 3. The molecule has 0 aromatic heterocycles. The zero-order valence-corrected chi connectivity index (χ0v) is 11.2. The Labute approximate surface area is 114 Å². The smallest absolute Gasteiger partial charge is 0.399 e. The van der Waals surface area contributed by atoms with Crippen molar-refractivity contribution in [2.75, 3.05) is 24.7 Å². The summed E-state index contributed by atoms with van der Waals surface area (Å²) in [4.78, 5) is 13.8. The Morgan fingerprint density at radius 3 is 2.40 bits per heavy atom. The van der Waals surface area contributed by atoms with Gasteiger partial charge in [0.25, 0.3) is 5.91 Å². The molecule has 1 aromatic rings. The van der Waals surface area contributed by atoms with E-state index in [1.807, 2.05) is 0 Å². The highest BCUT2D eigenvalue weighted by Gasteiger charge is 2.64. The van der Waals surface area contributed by atoms with Gasteiger partial charge in [0.2, 0.25) is 0 Å². The standard InChI is InChI=1S/C13H16F3N3O/c1-19(2)10-4-3-8(17)7-9(10)11(20)18-12(5-6-12)13(14,15)16/h3-4,7H,5-6,17H2,1-2H3,(H,18,20). The van der Waals surface area contributed by atoms with Crippen molar-refractivity contribution in [1.82, 2.24) is 5.32 Å². The van der Waals surface area contributed by atoms with Crippen LogP contribution in [0.25, 0.3) is 0 Å². The monoisotopic (exact) mass is 287 g/mol. The molecule has 0 heterocycles. The van der Waals surface area contributed by atoms with Crippen LogP contribution in [0.5, 0.6) is 0 Å². The molecule has 110 valence electrons. The molecule has 1 aromatic carbocycles. The van der Waals surface area contributed by atoms with Gasteiger partial charge in [0, 0.05) is 25.5 Å². The second-order valence-electron chi connectivity index (χ2n) is 5.21. The lowest BCUT2D eigenvalue weighted by atomic mass is 10.1. The molecule has 20 heavy (non-hydrogen) atoms. The number of alkyl halides is 3. The molecule has 0 atom stereocenters. The third kappa shape index (κ3) is 2.52. The van der Waals surface area contributed by atoms with E-state index in [0.717, 1.165) is 0 Å². The number of nitrogens with two attached hydrogens (primary N) is 1. The van der Waals surface area contributed by atoms with E-state index in [4.69, 9.17) is 5.73 Å². The van der Waals surface area contributed by atoms with Crippen LogP contribution in [-0.4, -0.2) is 31.7 Å². The van der Waals surface area contributed by atoms with E-state index in [9.17, 15) is 18.0 Å². The molecule has 0 bridgehead atoms. The second-order valence-corrected chi connectivity index (χ2v) is 5.21. The van der Waals surface area contributed by atoms with E-state index in [2.05, 4.69) is 5.32 Å². The van der Waals surface area contributed by atoms with Crippen molar-refractivity contribution >= 4 is 17.3 Å². The topological polar surface area (TPSA) is 58.4 Å². The van der Waals surface area contributed by atoms with Gasteiger partial charge in [-0.3, -0.25) is 4.79 Å². The minimum atomic E-state index is -4.43. The van der Waals surface area contributed by atoms with Crippen molar-refractivity contribution in [2.24, 2.45) is 0 Å². The summed E-state index contributed by atoms with van der Waals surface area (Å²) < 4.78 is 38.6. The summed E-state index contributed by atoms with van der Waals surface area (Å²) in [5.74, 6) is -0.754. The fraction of sp³-hybridized carbons (Fsp3) is 0.462. The van der Waals surface area contributed by atoms with Gasteiger partial charge in [-0.1, -0.05) is 0 Å². The third-order valence-corrected chi connectivity index (χ3v) is 3.39. The summed E-state index contributed by atoms with van der Waals surface area (Å²) >= 11 is 0. The SMILES string of the molecule is CN(C)c1ccc(N)cc1C(=O)NC1(C(F)(F)F)CC1. The van der Waals surface area contributed by atoms with E-state index >= 15 is 0 Å². The van der Waals surface area contributed by atoms with Crippen LogP contribution in [0.3, 0.4) is 0 Å². The number of carbonyl (C=O) groups excluding carboxylic acids is 1. The maximum absolute atomic E-state index is 12.9. The molecular formula is C13H16F3N3O. The molecule has 1 saturated carbocycles. The van der Waals surface area contributed by atoms with E-state index in [1.54, 1.807) is 31.1 Å². The zero-order valence-electron chi connectivity index (χ0n) is 11.2. The Bertz CT molecular complexity index is 536. The summed E-state index contributed by atoms with van der Waals surface area (Å²) in [6.07, 6.45) is -4.59. The van der Waals surface area contributed by atoms with Crippen molar-refractivity contribution < 1.29 is 18.0 Å². The molecule has 7 heteroatoms. The summed E-state index contributed by atoms with van der Waals surface area (Å²) in [6, 6.07) is 4.59. The quantitative estimate of drug-likeness (QED) is 0.838. The molecule has 3 N–H and O–H groups in total. The number of nitrogens with zero attached hydrogens (tertiary/aromatic N) is 1. The Hall–Kier alpha value is -1.92. The van der Waals surface area contributed by atoms with E-state index < -0.39 is 17.6 Å². The average Bonchev–Trinajstić information content (AvgIpc) is 3.08. The van der Waals surface area contributed by atoms with Crippen LogP contribution < -0.4 is 16.0 Å². The number of halogens is 3. The van der Waals surface area contributed by atoms with Gasteiger partial charge in [-0.15, -0.1) is 0 Å². The number of nitrogens with one attached hydrogen (secondary N) is 1. The first-order valence-electron chi connectivity index (χ1n) is 6.12. The van der Waals surface area contributed by atoms with Crippen molar-refractivity contribution in [2.45, 2.75) is 24.6 Å². The molecule has 0 unspecified atom stereocenters. The normalized spacial score (nSPS) is 16.6. The summed E-state index contributed by atoms with van der Waals surface area (Å²) in [7, 11) is 3.41. The molecule has 1 aliphatic carbocycles. The highest BCUT2D eigenvalue weighted by atomic mass is 19.4. The number of carbonyl (C=O) groups is 1. The van der Waals surface area contributed by atoms with E-state index in [0.29, 0.717) is 11.4 Å². The fourth-order valence-electron chi connectivity index (χ4n) is 2.01. The number of anilines is 2. The highest BCUT2D eigenvalue weighted by Crippen LogP contribution is 2.49. The van der Waals surface area contributed by atoms with Crippen LogP contribution in [0.2, 0.25) is 0 Å². The molecule has 0 radical (unpaired) electrons. The van der Waals surface area contributed by atoms with Gasteiger partial charge in [0.15, 0.2) is 0 Å². The zero-order chi connectivity index (χ0) is 15.1.